The molecular formula is C17H32N4. The number of aryl methyl sites for hydroxylation is 1. The largest absolute Gasteiger partial charge is 0.337 e. The summed E-state index contributed by atoms with van der Waals surface area (Å²) in [4.78, 5) is 6.92. The number of aromatic nitrogens is 2. The Morgan fingerprint density at radius 1 is 1.52 bits per heavy atom. The molecule has 1 heterocycles. The highest BCUT2D eigenvalue weighted by Gasteiger charge is 2.38. The second-order valence-corrected chi connectivity index (χ2v) is 7.33. The highest BCUT2D eigenvalue weighted by atomic mass is 15.2. The number of hydrogen-bond acceptors (Lipinski definition) is 3. The van der Waals surface area contributed by atoms with Crippen LogP contribution in [0.1, 0.15) is 51.8 Å². The van der Waals surface area contributed by atoms with Gasteiger partial charge >= 0.3 is 0 Å². The van der Waals surface area contributed by atoms with Gasteiger partial charge in [-0.2, -0.15) is 0 Å². The third-order valence-corrected chi connectivity index (χ3v) is 5.22. The summed E-state index contributed by atoms with van der Waals surface area (Å²) in [7, 11) is 4.28. The van der Waals surface area contributed by atoms with Gasteiger partial charge in [0.2, 0.25) is 0 Å². The zero-order valence-corrected chi connectivity index (χ0v) is 14.2. The van der Waals surface area contributed by atoms with E-state index in [0.29, 0.717) is 0 Å². The van der Waals surface area contributed by atoms with E-state index in [9.17, 15) is 0 Å². The Balaban J connectivity index is 2.07. The van der Waals surface area contributed by atoms with E-state index in [1.54, 1.807) is 0 Å². The molecule has 1 saturated carbocycles. The molecule has 2 rings (SSSR count). The molecule has 21 heavy (non-hydrogen) atoms. The maximum Gasteiger partial charge on any atom is 0.122 e. The van der Waals surface area contributed by atoms with Crippen molar-refractivity contribution in [2.24, 2.45) is 24.6 Å². The van der Waals surface area contributed by atoms with Crippen LogP contribution in [0.2, 0.25) is 0 Å². The topological polar surface area (TPSA) is 47.1 Å². The molecule has 1 aliphatic carbocycles. The van der Waals surface area contributed by atoms with Crippen LogP contribution in [-0.2, 0) is 13.6 Å². The van der Waals surface area contributed by atoms with E-state index in [1.165, 1.54) is 32.1 Å². The first-order valence-electron chi connectivity index (χ1n) is 8.34. The minimum atomic E-state index is 0.157. The highest BCUT2D eigenvalue weighted by molar-refractivity contribution is 4.99. The molecule has 0 aromatic carbocycles. The molecule has 1 aliphatic rings. The summed E-state index contributed by atoms with van der Waals surface area (Å²) < 4.78 is 2.11. The first-order valence-corrected chi connectivity index (χ1v) is 8.34. The van der Waals surface area contributed by atoms with Crippen LogP contribution in [0.15, 0.2) is 12.4 Å². The fourth-order valence-electron chi connectivity index (χ4n) is 3.95. The Labute approximate surface area is 129 Å². The monoisotopic (exact) mass is 292 g/mol. The van der Waals surface area contributed by atoms with Crippen LogP contribution in [0.25, 0.3) is 0 Å². The third kappa shape index (κ3) is 3.86. The molecule has 2 N–H and O–H groups in total. The van der Waals surface area contributed by atoms with Crippen LogP contribution in [0, 0.1) is 11.8 Å². The van der Waals surface area contributed by atoms with Crippen molar-refractivity contribution < 1.29 is 0 Å². The lowest BCUT2D eigenvalue weighted by molar-refractivity contribution is 0.0438. The van der Waals surface area contributed by atoms with E-state index in [1.807, 2.05) is 12.4 Å². The first-order chi connectivity index (χ1) is 9.97. The van der Waals surface area contributed by atoms with Crippen molar-refractivity contribution in [2.75, 3.05) is 13.6 Å². The average molecular weight is 292 g/mol. The molecular weight excluding hydrogens is 260 g/mol. The second-order valence-electron chi connectivity index (χ2n) is 7.33. The molecule has 1 aromatic rings. The van der Waals surface area contributed by atoms with Crippen LogP contribution in [0.4, 0.5) is 0 Å². The Bertz CT molecular complexity index is 440. The standard InChI is InChI=1S/C17H32N4/c1-14(2)10-15-6-5-7-17(11-15,13-18)21(4)12-16-19-8-9-20(16)3/h8-9,14-15H,5-7,10-13,18H2,1-4H3. The zero-order chi connectivity index (χ0) is 15.5. The maximum absolute atomic E-state index is 6.23. The van der Waals surface area contributed by atoms with Gasteiger partial charge in [0.15, 0.2) is 0 Å². The number of nitrogens with two attached hydrogens (primary N) is 1. The first kappa shape index (κ1) is 16.5. The van der Waals surface area contributed by atoms with Gasteiger partial charge in [0.1, 0.15) is 5.82 Å². The number of nitrogens with zero attached hydrogens (tertiary/aromatic N) is 3. The van der Waals surface area contributed by atoms with Gasteiger partial charge in [-0.3, -0.25) is 4.90 Å². The van der Waals surface area contributed by atoms with Crippen molar-refractivity contribution in [3.63, 3.8) is 0 Å². The van der Waals surface area contributed by atoms with Crippen molar-refractivity contribution >= 4 is 0 Å². The lowest BCUT2D eigenvalue weighted by Crippen LogP contribution is -2.54. The molecule has 120 valence electrons. The summed E-state index contributed by atoms with van der Waals surface area (Å²) in [5.74, 6) is 2.73. The number of hydrogen-bond donors (Lipinski definition) is 1. The molecule has 1 fully saturated rings. The third-order valence-electron chi connectivity index (χ3n) is 5.22. The summed E-state index contributed by atoms with van der Waals surface area (Å²) in [6.07, 6.45) is 10.4. The lowest BCUT2D eigenvalue weighted by Gasteiger charge is -2.47. The fourth-order valence-corrected chi connectivity index (χ4v) is 3.95. The van der Waals surface area contributed by atoms with E-state index >= 15 is 0 Å². The van der Waals surface area contributed by atoms with Crippen molar-refractivity contribution in [3.05, 3.63) is 18.2 Å². The van der Waals surface area contributed by atoms with Crippen LogP contribution in [0.5, 0.6) is 0 Å². The van der Waals surface area contributed by atoms with E-state index < -0.39 is 0 Å². The summed E-state index contributed by atoms with van der Waals surface area (Å²) in [6.45, 7) is 6.30. The van der Waals surface area contributed by atoms with Crippen molar-refractivity contribution in [1.29, 1.82) is 0 Å². The van der Waals surface area contributed by atoms with Crippen LogP contribution in [0.3, 0.4) is 0 Å². The average Bonchev–Trinajstić information content (AvgIpc) is 2.83. The molecule has 2 atom stereocenters. The molecule has 0 spiro atoms. The Morgan fingerprint density at radius 2 is 2.29 bits per heavy atom. The fraction of sp³-hybridized carbons (Fsp3) is 0.824. The van der Waals surface area contributed by atoms with Gasteiger partial charge in [0, 0.05) is 31.5 Å². The zero-order valence-electron chi connectivity index (χ0n) is 14.2. The normalized spacial score (nSPS) is 26.7. The Hall–Kier alpha value is -0.870. The van der Waals surface area contributed by atoms with Gasteiger partial charge in [-0.25, -0.2) is 4.98 Å². The van der Waals surface area contributed by atoms with Crippen molar-refractivity contribution in [1.82, 2.24) is 14.5 Å². The van der Waals surface area contributed by atoms with E-state index in [2.05, 4.69) is 42.4 Å². The molecule has 4 heteroatoms. The Kier molecular flexibility index (Phi) is 5.44. The van der Waals surface area contributed by atoms with Gasteiger partial charge in [-0.05, 0) is 38.1 Å². The van der Waals surface area contributed by atoms with Gasteiger partial charge in [0.05, 0.1) is 6.54 Å². The predicted molar refractivity (Wildman–Crippen MR) is 87.9 cm³/mol. The lowest BCUT2D eigenvalue weighted by atomic mass is 9.72. The molecule has 0 radical (unpaired) electrons. The van der Waals surface area contributed by atoms with Crippen molar-refractivity contribution in [3.8, 4) is 0 Å². The van der Waals surface area contributed by atoms with Crippen LogP contribution < -0.4 is 5.73 Å². The van der Waals surface area contributed by atoms with Gasteiger partial charge in [-0.15, -0.1) is 0 Å². The highest BCUT2D eigenvalue weighted by Crippen LogP contribution is 2.39. The summed E-state index contributed by atoms with van der Waals surface area (Å²) in [5, 5.41) is 0. The van der Waals surface area contributed by atoms with E-state index in [4.69, 9.17) is 5.73 Å². The number of imidazole rings is 1. The quantitative estimate of drug-likeness (QED) is 0.877. The molecule has 0 bridgehead atoms. The SMILES string of the molecule is CC(C)CC1CCCC(CN)(N(C)Cc2nccn2C)C1. The second kappa shape index (κ2) is 6.93. The van der Waals surface area contributed by atoms with E-state index in [0.717, 1.165) is 30.7 Å². The summed E-state index contributed by atoms with van der Waals surface area (Å²) in [5.41, 5.74) is 6.39. The minimum Gasteiger partial charge on any atom is -0.337 e. The molecule has 4 nitrogen and oxygen atoms in total. The summed E-state index contributed by atoms with van der Waals surface area (Å²) in [6, 6.07) is 0. The smallest absolute Gasteiger partial charge is 0.122 e. The van der Waals surface area contributed by atoms with Gasteiger partial charge in [0.25, 0.3) is 0 Å². The predicted octanol–water partition coefficient (Wildman–Crippen LogP) is 2.79. The van der Waals surface area contributed by atoms with Crippen molar-refractivity contribution in [2.45, 2.75) is 58.0 Å². The van der Waals surface area contributed by atoms with Gasteiger partial charge in [-0.1, -0.05) is 26.7 Å². The van der Waals surface area contributed by atoms with Crippen LogP contribution in [-0.4, -0.2) is 33.6 Å². The molecule has 0 amide bonds. The minimum absolute atomic E-state index is 0.157. The Morgan fingerprint density at radius 3 is 2.86 bits per heavy atom. The number of rotatable bonds is 6. The molecule has 0 aliphatic heterocycles. The molecule has 2 unspecified atom stereocenters. The summed E-state index contributed by atoms with van der Waals surface area (Å²) >= 11 is 0. The maximum atomic E-state index is 6.23. The van der Waals surface area contributed by atoms with Crippen LogP contribution >= 0.6 is 0 Å². The van der Waals surface area contributed by atoms with E-state index in [-0.39, 0.29) is 5.54 Å². The number of likely N-dealkylation sites (N-methyl/N-ethyl adjacent to an activating group) is 1. The van der Waals surface area contributed by atoms with Gasteiger partial charge < -0.3 is 10.3 Å². The molecule has 0 saturated heterocycles. The molecule has 1 aromatic heterocycles.